The van der Waals surface area contributed by atoms with Crippen molar-refractivity contribution in [2.75, 3.05) is 18.4 Å². The average molecular weight is 324 g/mol. The Morgan fingerprint density at radius 1 is 1.04 bits per heavy atom. The SMILES string of the molecule is C[C@@H]1CN(Cc2ccc(C(=O)Nc3ccccc3)cc2)C[C@H](C)O1. The molecule has 24 heavy (non-hydrogen) atoms. The summed E-state index contributed by atoms with van der Waals surface area (Å²) in [6.45, 7) is 7.00. The smallest absolute Gasteiger partial charge is 0.255 e. The van der Waals surface area contributed by atoms with Crippen molar-refractivity contribution in [1.82, 2.24) is 4.90 Å². The summed E-state index contributed by atoms with van der Waals surface area (Å²) in [5.41, 5.74) is 2.70. The summed E-state index contributed by atoms with van der Waals surface area (Å²) in [5.74, 6) is -0.0821. The number of morpholine rings is 1. The fourth-order valence-electron chi connectivity index (χ4n) is 3.16. The van der Waals surface area contributed by atoms with Gasteiger partial charge in [-0.25, -0.2) is 0 Å². The van der Waals surface area contributed by atoms with E-state index in [1.54, 1.807) is 0 Å². The zero-order valence-corrected chi connectivity index (χ0v) is 14.2. The maximum absolute atomic E-state index is 12.3. The van der Waals surface area contributed by atoms with Crippen LogP contribution in [0.4, 0.5) is 5.69 Å². The zero-order chi connectivity index (χ0) is 16.9. The highest BCUT2D eigenvalue weighted by Crippen LogP contribution is 2.15. The quantitative estimate of drug-likeness (QED) is 0.935. The van der Waals surface area contributed by atoms with Gasteiger partial charge in [-0.05, 0) is 43.7 Å². The van der Waals surface area contributed by atoms with Gasteiger partial charge in [0.15, 0.2) is 0 Å². The fourth-order valence-corrected chi connectivity index (χ4v) is 3.16. The summed E-state index contributed by atoms with van der Waals surface area (Å²) in [5, 5.41) is 2.90. The number of para-hydroxylation sites is 1. The molecule has 1 aliphatic heterocycles. The van der Waals surface area contributed by atoms with Gasteiger partial charge in [0.25, 0.3) is 5.91 Å². The molecule has 0 unspecified atom stereocenters. The van der Waals surface area contributed by atoms with Crippen molar-refractivity contribution < 1.29 is 9.53 Å². The molecule has 0 radical (unpaired) electrons. The highest BCUT2D eigenvalue weighted by atomic mass is 16.5. The van der Waals surface area contributed by atoms with Crippen LogP contribution in [0.5, 0.6) is 0 Å². The molecule has 126 valence electrons. The largest absolute Gasteiger partial charge is 0.373 e. The van der Waals surface area contributed by atoms with E-state index in [4.69, 9.17) is 4.74 Å². The summed E-state index contributed by atoms with van der Waals surface area (Å²) < 4.78 is 5.77. The van der Waals surface area contributed by atoms with Crippen LogP contribution in [0.3, 0.4) is 0 Å². The third kappa shape index (κ3) is 4.43. The maximum atomic E-state index is 12.3. The van der Waals surface area contributed by atoms with E-state index in [1.807, 2.05) is 54.6 Å². The van der Waals surface area contributed by atoms with Crippen molar-refractivity contribution in [2.24, 2.45) is 0 Å². The average Bonchev–Trinajstić information content (AvgIpc) is 2.55. The lowest BCUT2D eigenvalue weighted by Crippen LogP contribution is -2.44. The van der Waals surface area contributed by atoms with Crippen LogP contribution < -0.4 is 5.32 Å². The molecule has 0 bridgehead atoms. The summed E-state index contributed by atoms with van der Waals surface area (Å²) in [6, 6.07) is 17.3. The molecule has 1 fully saturated rings. The minimum Gasteiger partial charge on any atom is -0.373 e. The first-order valence-corrected chi connectivity index (χ1v) is 8.43. The normalized spacial score (nSPS) is 21.4. The number of nitrogens with zero attached hydrogens (tertiary/aromatic N) is 1. The molecule has 1 saturated heterocycles. The van der Waals surface area contributed by atoms with Crippen molar-refractivity contribution in [3.05, 3.63) is 65.7 Å². The second-order valence-electron chi connectivity index (χ2n) is 6.47. The molecule has 1 N–H and O–H groups in total. The molecule has 1 amide bonds. The number of nitrogens with one attached hydrogen (secondary N) is 1. The van der Waals surface area contributed by atoms with Crippen LogP contribution in [-0.2, 0) is 11.3 Å². The fraction of sp³-hybridized carbons (Fsp3) is 0.350. The third-order valence-electron chi connectivity index (χ3n) is 4.15. The van der Waals surface area contributed by atoms with E-state index < -0.39 is 0 Å². The Hall–Kier alpha value is -2.17. The Bertz CT molecular complexity index is 660. The number of amides is 1. The molecule has 2 aromatic carbocycles. The number of carbonyl (C=O) groups is 1. The van der Waals surface area contributed by atoms with Crippen molar-refractivity contribution >= 4 is 11.6 Å². The second kappa shape index (κ2) is 7.60. The van der Waals surface area contributed by atoms with Gasteiger partial charge < -0.3 is 10.1 Å². The van der Waals surface area contributed by atoms with Crippen molar-refractivity contribution in [2.45, 2.75) is 32.6 Å². The molecule has 4 nitrogen and oxygen atoms in total. The van der Waals surface area contributed by atoms with E-state index in [9.17, 15) is 4.79 Å². The van der Waals surface area contributed by atoms with E-state index in [0.29, 0.717) is 5.56 Å². The van der Waals surface area contributed by atoms with Crippen LogP contribution in [0.1, 0.15) is 29.8 Å². The Balaban J connectivity index is 1.60. The van der Waals surface area contributed by atoms with Crippen LogP contribution in [-0.4, -0.2) is 36.1 Å². The topological polar surface area (TPSA) is 41.6 Å². The van der Waals surface area contributed by atoms with E-state index in [1.165, 1.54) is 5.56 Å². The molecular weight excluding hydrogens is 300 g/mol. The Morgan fingerprint density at radius 3 is 2.29 bits per heavy atom. The molecular formula is C20H24N2O2. The Kier molecular flexibility index (Phi) is 5.28. The predicted molar refractivity (Wildman–Crippen MR) is 96.1 cm³/mol. The lowest BCUT2D eigenvalue weighted by atomic mass is 10.1. The van der Waals surface area contributed by atoms with E-state index in [2.05, 4.69) is 24.1 Å². The zero-order valence-electron chi connectivity index (χ0n) is 14.2. The monoisotopic (exact) mass is 324 g/mol. The Labute approximate surface area is 143 Å². The van der Waals surface area contributed by atoms with Crippen molar-refractivity contribution in [1.29, 1.82) is 0 Å². The minimum absolute atomic E-state index is 0.0821. The lowest BCUT2D eigenvalue weighted by molar-refractivity contribution is -0.0704. The van der Waals surface area contributed by atoms with Crippen LogP contribution in [0.15, 0.2) is 54.6 Å². The Morgan fingerprint density at radius 2 is 1.67 bits per heavy atom. The van der Waals surface area contributed by atoms with Gasteiger partial charge in [-0.15, -0.1) is 0 Å². The molecule has 2 atom stereocenters. The van der Waals surface area contributed by atoms with E-state index in [-0.39, 0.29) is 18.1 Å². The molecule has 0 spiro atoms. The molecule has 1 heterocycles. The number of rotatable bonds is 4. The van der Waals surface area contributed by atoms with Gasteiger partial charge in [-0.3, -0.25) is 9.69 Å². The van der Waals surface area contributed by atoms with Gasteiger partial charge >= 0.3 is 0 Å². The molecule has 2 aromatic rings. The standard InChI is InChI=1S/C20H24N2O2/c1-15-12-22(13-16(2)24-15)14-17-8-10-18(11-9-17)20(23)21-19-6-4-3-5-7-19/h3-11,15-16H,12-14H2,1-2H3,(H,21,23)/t15-,16+. The van der Waals surface area contributed by atoms with E-state index >= 15 is 0 Å². The van der Waals surface area contributed by atoms with Crippen LogP contribution in [0.2, 0.25) is 0 Å². The number of ether oxygens (including phenoxy) is 1. The molecule has 0 saturated carbocycles. The first kappa shape index (κ1) is 16.7. The molecule has 3 rings (SSSR count). The number of carbonyl (C=O) groups excluding carboxylic acids is 1. The number of hydrogen-bond donors (Lipinski definition) is 1. The van der Waals surface area contributed by atoms with Gasteiger partial charge in [0.1, 0.15) is 0 Å². The van der Waals surface area contributed by atoms with Crippen LogP contribution in [0.25, 0.3) is 0 Å². The maximum Gasteiger partial charge on any atom is 0.255 e. The van der Waals surface area contributed by atoms with Gasteiger partial charge in [0.2, 0.25) is 0 Å². The summed E-state index contributed by atoms with van der Waals surface area (Å²) in [4.78, 5) is 14.7. The molecule has 0 aromatic heterocycles. The van der Waals surface area contributed by atoms with Crippen LogP contribution >= 0.6 is 0 Å². The number of hydrogen-bond acceptors (Lipinski definition) is 3. The van der Waals surface area contributed by atoms with E-state index in [0.717, 1.165) is 25.3 Å². The van der Waals surface area contributed by atoms with Gasteiger partial charge in [-0.2, -0.15) is 0 Å². The summed E-state index contributed by atoms with van der Waals surface area (Å²) in [6.07, 6.45) is 0.536. The molecule has 0 aliphatic carbocycles. The number of benzene rings is 2. The lowest BCUT2D eigenvalue weighted by Gasteiger charge is -2.35. The second-order valence-corrected chi connectivity index (χ2v) is 6.47. The summed E-state index contributed by atoms with van der Waals surface area (Å²) in [7, 11) is 0. The van der Waals surface area contributed by atoms with Crippen LogP contribution in [0, 0.1) is 0 Å². The highest BCUT2D eigenvalue weighted by Gasteiger charge is 2.22. The third-order valence-corrected chi connectivity index (χ3v) is 4.15. The van der Waals surface area contributed by atoms with Gasteiger partial charge in [0.05, 0.1) is 12.2 Å². The first-order chi connectivity index (χ1) is 11.6. The van der Waals surface area contributed by atoms with Crippen molar-refractivity contribution in [3.8, 4) is 0 Å². The van der Waals surface area contributed by atoms with Gasteiger partial charge in [0, 0.05) is 30.9 Å². The van der Waals surface area contributed by atoms with Gasteiger partial charge in [-0.1, -0.05) is 30.3 Å². The van der Waals surface area contributed by atoms with Crippen molar-refractivity contribution in [3.63, 3.8) is 0 Å². The highest BCUT2D eigenvalue weighted by molar-refractivity contribution is 6.04. The molecule has 1 aliphatic rings. The summed E-state index contributed by atoms with van der Waals surface area (Å²) >= 11 is 0. The predicted octanol–water partition coefficient (Wildman–Crippen LogP) is 3.55. The minimum atomic E-state index is -0.0821. The number of anilines is 1. The molecule has 4 heteroatoms. The first-order valence-electron chi connectivity index (χ1n) is 8.43.